The molecule has 1 amide bonds. The van der Waals surface area contributed by atoms with Crippen LogP contribution in [0.4, 0.5) is 0 Å². The third kappa shape index (κ3) is 5.12. The highest BCUT2D eigenvalue weighted by Crippen LogP contribution is 2.07. The lowest BCUT2D eigenvalue weighted by Gasteiger charge is -2.18. The van der Waals surface area contributed by atoms with Crippen LogP contribution < -0.4 is 11.1 Å². The number of likely N-dealkylation sites (N-methyl/N-ethyl adjacent to an activating group) is 1. The molecular formula is C15H21N3O. The van der Waals surface area contributed by atoms with Gasteiger partial charge in [0.15, 0.2) is 0 Å². The highest BCUT2D eigenvalue weighted by Gasteiger charge is 2.12. The van der Waals surface area contributed by atoms with E-state index in [0.717, 1.165) is 6.54 Å². The van der Waals surface area contributed by atoms with E-state index in [1.807, 2.05) is 44.1 Å². The van der Waals surface area contributed by atoms with Crippen molar-refractivity contribution in [2.24, 2.45) is 5.73 Å². The van der Waals surface area contributed by atoms with Gasteiger partial charge in [-0.1, -0.05) is 24.0 Å². The standard InChI is InChI=1S/C15H21N3O/c1-12(11-18(2)3)17-15(19)14-9-5-4-7-13(14)8-6-10-16/h4-5,7,9,12H,10-11,16H2,1-3H3,(H,17,19). The summed E-state index contributed by atoms with van der Waals surface area (Å²) < 4.78 is 0. The minimum atomic E-state index is -0.101. The van der Waals surface area contributed by atoms with E-state index in [0.29, 0.717) is 11.1 Å². The fraction of sp³-hybridized carbons (Fsp3) is 0.400. The second kappa shape index (κ2) is 7.57. The molecule has 1 aromatic carbocycles. The zero-order chi connectivity index (χ0) is 14.3. The quantitative estimate of drug-likeness (QED) is 0.782. The number of nitrogens with one attached hydrogen (secondary N) is 1. The summed E-state index contributed by atoms with van der Waals surface area (Å²) in [7, 11) is 3.95. The van der Waals surface area contributed by atoms with Gasteiger partial charge in [-0.05, 0) is 33.2 Å². The molecule has 1 unspecified atom stereocenters. The smallest absolute Gasteiger partial charge is 0.252 e. The largest absolute Gasteiger partial charge is 0.348 e. The SMILES string of the molecule is CC(CN(C)C)NC(=O)c1ccccc1C#CCN. The number of nitrogens with zero attached hydrogens (tertiary/aromatic N) is 1. The highest BCUT2D eigenvalue weighted by molar-refractivity contribution is 5.96. The average molecular weight is 259 g/mol. The molecular weight excluding hydrogens is 238 g/mol. The molecule has 1 aromatic rings. The van der Waals surface area contributed by atoms with Crippen molar-refractivity contribution in [3.05, 3.63) is 35.4 Å². The van der Waals surface area contributed by atoms with E-state index in [4.69, 9.17) is 5.73 Å². The molecule has 0 bridgehead atoms. The van der Waals surface area contributed by atoms with Crippen molar-refractivity contribution < 1.29 is 4.79 Å². The Morgan fingerprint density at radius 1 is 1.42 bits per heavy atom. The molecule has 102 valence electrons. The molecule has 0 aliphatic rings. The van der Waals surface area contributed by atoms with Crippen LogP contribution in [0, 0.1) is 11.8 Å². The van der Waals surface area contributed by atoms with Crippen LogP contribution in [0.1, 0.15) is 22.8 Å². The first-order valence-corrected chi connectivity index (χ1v) is 6.28. The van der Waals surface area contributed by atoms with E-state index in [2.05, 4.69) is 17.2 Å². The average Bonchev–Trinajstić information content (AvgIpc) is 2.35. The molecule has 1 rings (SSSR count). The first-order valence-electron chi connectivity index (χ1n) is 6.28. The van der Waals surface area contributed by atoms with Gasteiger partial charge in [0.25, 0.3) is 5.91 Å². The molecule has 0 fully saturated rings. The Kier molecular flexibility index (Phi) is 6.07. The van der Waals surface area contributed by atoms with E-state index < -0.39 is 0 Å². The van der Waals surface area contributed by atoms with Crippen LogP contribution in [0.15, 0.2) is 24.3 Å². The highest BCUT2D eigenvalue weighted by atomic mass is 16.1. The Morgan fingerprint density at radius 2 is 2.11 bits per heavy atom. The number of hydrogen-bond acceptors (Lipinski definition) is 3. The van der Waals surface area contributed by atoms with Gasteiger partial charge in [0.2, 0.25) is 0 Å². The molecule has 0 aliphatic heterocycles. The molecule has 1 atom stereocenters. The van der Waals surface area contributed by atoms with Crippen LogP contribution in [0.2, 0.25) is 0 Å². The van der Waals surface area contributed by atoms with Crippen LogP contribution in [0.3, 0.4) is 0 Å². The zero-order valence-corrected chi connectivity index (χ0v) is 11.7. The molecule has 0 aromatic heterocycles. The Morgan fingerprint density at radius 3 is 2.74 bits per heavy atom. The Labute approximate surface area is 115 Å². The van der Waals surface area contributed by atoms with Crippen molar-refractivity contribution in [3.8, 4) is 11.8 Å². The summed E-state index contributed by atoms with van der Waals surface area (Å²) >= 11 is 0. The molecule has 0 saturated heterocycles. The third-order valence-electron chi connectivity index (χ3n) is 2.51. The van der Waals surface area contributed by atoms with Gasteiger partial charge in [-0.2, -0.15) is 0 Å². The van der Waals surface area contributed by atoms with Gasteiger partial charge < -0.3 is 16.0 Å². The fourth-order valence-corrected chi connectivity index (χ4v) is 1.83. The first-order chi connectivity index (χ1) is 9.04. The van der Waals surface area contributed by atoms with Crippen molar-refractivity contribution in [3.63, 3.8) is 0 Å². The minimum Gasteiger partial charge on any atom is -0.348 e. The second-order valence-corrected chi connectivity index (χ2v) is 4.69. The van der Waals surface area contributed by atoms with Gasteiger partial charge in [0.05, 0.1) is 12.1 Å². The number of rotatable bonds is 4. The van der Waals surface area contributed by atoms with Crippen molar-refractivity contribution in [2.45, 2.75) is 13.0 Å². The summed E-state index contributed by atoms with van der Waals surface area (Å²) in [6.45, 7) is 3.06. The number of nitrogens with two attached hydrogens (primary N) is 1. The molecule has 0 spiro atoms. The van der Waals surface area contributed by atoms with Crippen LogP contribution in [0.5, 0.6) is 0 Å². The lowest BCUT2D eigenvalue weighted by molar-refractivity contribution is 0.0934. The van der Waals surface area contributed by atoms with Crippen molar-refractivity contribution >= 4 is 5.91 Å². The predicted octanol–water partition coefficient (Wildman–Crippen LogP) is 0.677. The Hall–Kier alpha value is -1.83. The molecule has 0 heterocycles. The minimum absolute atomic E-state index is 0.0815. The van der Waals surface area contributed by atoms with Crippen LogP contribution in [-0.2, 0) is 0 Å². The molecule has 0 aliphatic carbocycles. The summed E-state index contributed by atoms with van der Waals surface area (Å²) in [4.78, 5) is 14.2. The van der Waals surface area contributed by atoms with Gasteiger partial charge in [0, 0.05) is 18.2 Å². The maximum absolute atomic E-state index is 12.2. The summed E-state index contributed by atoms with van der Waals surface area (Å²) in [6.07, 6.45) is 0. The number of hydrogen-bond donors (Lipinski definition) is 2. The van der Waals surface area contributed by atoms with Gasteiger partial charge >= 0.3 is 0 Å². The van der Waals surface area contributed by atoms with Crippen molar-refractivity contribution in [1.82, 2.24) is 10.2 Å². The summed E-state index contributed by atoms with van der Waals surface area (Å²) in [6, 6.07) is 7.38. The fourth-order valence-electron chi connectivity index (χ4n) is 1.83. The Bertz CT molecular complexity index is 486. The lowest BCUT2D eigenvalue weighted by atomic mass is 10.1. The van der Waals surface area contributed by atoms with Crippen molar-refractivity contribution in [1.29, 1.82) is 0 Å². The van der Waals surface area contributed by atoms with Crippen LogP contribution in [0.25, 0.3) is 0 Å². The van der Waals surface area contributed by atoms with E-state index in [1.54, 1.807) is 6.07 Å². The van der Waals surface area contributed by atoms with E-state index in [-0.39, 0.29) is 18.5 Å². The first kappa shape index (κ1) is 15.2. The van der Waals surface area contributed by atoms with Crippen LogP contribution in [-0.4, -0.2) is 44.0 Å². The number of carbonyl (C=O) groups excluding carboxylic acids is 1. The summed E-state index contributed by atoms with van der Waals surface area (Å²) in [5.74, 6) is 5.60. The van der Waals surface area contributed by atoms with Crippen molar-refractivity contribution in [2.75, 3.05) is 27.2 Å². The Balaban J connectivity index is 2.82. The zero-order valence-electron chi connectivity index (χ0n) is 11.7. The van der Waals surface area contributed by atoms with Gasteiger partial charge in [-0.15, -0.1) is 0 Å². The molecule has 0 saturated carbocycles. The normalized spacial score (nSPS) is 11.6. The maximum Gasteiger partial charge on any atom is 0.252 e. The van der Waals surface area contributed by atoms with Gasteiger partial charge in [-0.3, -0.25) is 4.79 Å². The molecule has 0 radical (unpaired) electrons. The van der Waals surface area contributed by atoms with Gasteiger partial charge in [-0.25, -0.2) is 0 Å². The van der Waals surface area contributed by atoms with E-state index in [1.165, 1.54) is 0 Å². The molecule has 3 N–H and O–H groups in total. The third-order valence-corrected chi connectivity index (χ3v) is 2.51. The summed E-state index contributed by atoms with van der Waals surface area (Å²) in [5.41, 5.74) is 6.66. The molecule has 4 nitrogen and oxygen atoms in total. The van der Waals surface area contributed by atoms with Gasteiger partial charge in [0.1, 0.15) is 0 Å². The molecule has 19 heavy (non-hydrogen) atoms. The van der Waals surface area contributed by atoms with Crippen LogP contribution >= 0.6 is 0 Å². The monoisotopic (exact) mass is 259 g/mol. The lowest BCUT2D eigenvalue weighted by Crippen LogP contribution is -2.39. The molecule has 4 heteroatoms. The topological polar surface area (TPSA) is 58.4 Å². The summed E-state index contributed by atoms with van der Waals surface area (Å²) in [5, 5.41) is 2.96. The second-order valence-electron chi connectivity index (χ2n) is 4.69. The van der Waals surface area contributed by atoms with E-state index >= 15 is 0 Å². The number of amides is 1. The van der Waals surface area contributed by atoms with E-state index in [9.17, 15) is 4.79 Å². The number of benzene rings is 1. The maximum atomic E-state index is 12.2. The number of carbonyl (C=O) groups is 1. The predicted molar refractivity (Wildman–Crippen MR) is 77.9 cm³/mol.